The highest BCUT2D eigenvalue weighted by atomic mass is 19.1. The standard InChI is InChI=1S/C17H27FN2O/c1-3-10-17(13-19,11-4-2)16(21)20-12-9-14-7-5-6-8-15(14)18/h5-8H,3-4,9-13,19H2,1-2H3,(H,20,21). The third kappa shape index (κ3) is 4.81. The van der Waals surface area contributed by atoms with Crippen LogP contribution >= 0.6 is 0 Å². The van der Waals surface area contributed by atoms with E-state index in [0.717, 1.165) is 25.7 Å². The van der Waals surface area contributed by atoms with Crippen LogP contribution in [-0.2, 0) is 11.2 Å². The fourth-order valence-electron chi connectivity index (χ4n) is 2.81. The van der Waals surface area contributed by atoms with Crippen LogP contribution < -0.4 is 11.1 Å². The summed E-state index contributed by atoms with van der Waals surface area (Å²) >= 11 is 0. The summed E-state index contributed by atoms with van der Waals surface area (Å²) in [4.78, 5) is 12.5. The van der Waals surface area contributed by atoms with E-state index >= 15 is 0 Å². The van der Waals surface area contributed by atoms with Crippen LogP contribution in [0, 0.1) is 11.2 Å². The Bertz CT molecular complexity index is 442. The first-order chi connectivity index (χ1) is 10.1. The van der Waals surface area contributed by atoms with Gasteiger partial charge in [0.2, 0.25) is 5.91 Å². The van der Waals surface area contributed by atoms with Crippen molar-refractivity contribution in [2.45, 2.75) is 46.0 Å². The van der Waals surface area contributed by atoms with Gasteiger partial charge in [0.1, 0.15) is 5.82 Å². The maximum atomic E-state index is 13.5. The smallest absolute Gasteiger partial charge is 0.227 e. The van der Waals surface area contributed by atoms with Crippen LogP contribution in [0.15, 0.2) is 24.3 Å². The molecule has 0 aliphatic rings. The Morgan fingerprint density at radius 3 is 2.38 bits per heavy atom. The molecule has 0 bridgehead atoms. The normalized spacial score (nSPS) is 11.4. The monoisotopic (exact) mass is 294 g/mol. The third-order valence-electron chi connectivity index (χ3n) is 3.97. The first-order valence-corrected chi connectivity index (χ1v) is 7.81. The Morgan fingerprint density at radius 2 is 1.86 bits per heavy atom. The van der Waals surface area contributed by atoms with E-state index < -0.39 is 5.41 Å². The van der Waals surface area contributed by atoms with Gasteiger partial charge in [-0.1, -0.05) is 44.9 Å². The molecule has 0 radical (unpaired) electrons. The number of carbonyl (C=O) groups is 1. The molecule has 0 atom stereocenters. The molecule has 0 saturated carbocycles. The maximum Gasteiger partial charge on any atom is 0.227 e. The van der Waals surface area contributed by atoms with Crippen molar-refractivity contribution >= 4 is 5.91 Å². The quantitative estimate of drug-likeness (QED) is 0.735. The van der Waals surface area contributed by atoms with Gasteiger partial charge in [-0.25, -0.2) is 4.39 Å². The second-order valence-electron chi connectivity index (χ2n) is 5.58. The molecule has 0 spiro atoms. The van der Waals surface area contributed by atoms with Crippen LogP contribution in [0.1, 0.15) is 45.1 Å². The van der Waals surface area contributed by atoms with Crippen molar-refractivity contribution in [2.75, 3.05) is 13.1 Å². The molecule has 0 aromatic heterocycles. The molecule has 0 unspecified atom stereocenters. The zero-order valence-corrected chi connectivity index (χ0v) is 13.1. The lowest BCUT2D eigenvalue weighted by Gasteiger charge is -2.30. The number of hydrogen-bond acceptors (Lipinski definition) is 2. The van der Waals surface area contributed by atoms with E-state index in [0.29, 0.717) is 25.1 Å². The van der Waals surface area contributed by atoms with Crippen LogP contribution in [0.3, 0.4) is 0 Å². The molecular weight excluding hydrogens is 267 g/mol. The number of hydrogen-bond donors (Lipinski definition) is 2. The second kappa shape index (κ2) is 8.78. The highest BCUT2D eigenvalue weighted by molar-refractivity contribution is 5.82. The van der Waals surface area contributed by atoms with Crippen LogP contribution in [0.25, 0.3) is 0 Å². The summed E-state index contributed by atoms with van der Waals surface area (Å²) in [6, 6.07) is 6.66. The van der Waals surface area contributed by atoms with E-state index in [2.05, 4.69) is 19.2 Å². The Labute approximate surface area is 127 Å². The van der Waals surface area contributed by atoms with Crippen LogP contribution in [0.2, 0.25) is 0 Å². The molecule has 0 heterocycles. The minimum absolute atomic E-state index is 0.00467. The van der Waals surface area contributed by atoms with E-state index in [1.165, 1.54) is 6.07 Å². The van der Waals surface area contributed by atoms with Gasteiger partial charge < -0.3 is 11.1 Å². The van der Waals surface area contributed by atoms with Crippen molar-refractivity contribution in [2.24, 2.45) is 11.1 Å². The van der Waals surface area contributed by atoms with Gasteiger partial charge in [-0.2, -0.15) is 0 Å². The second-order valence-corrected chi connectivity index (χ2v) is 5.58. The fourth-order valence-corrected chi connectivity index (χ4v) is 2.81. The van der Waals surface area contributed by atoms with Crippen molar-refractivity contribution in [1.29, 1.82) is 0 Å². The summed E-state index contributed by atoms with van der Waals surface area (Å²) in [5.41, 5.74) is 6.02. The third-order valence-corrected chi connectivity index (χ3v) is 3.97. The van der Waals surface area contributed by atoms with Crippen LogP contribution in [0.4, 0.5) is 4.39 Å². The number of benzene rings is 1. The van der Waals surface area contributed by atoms with Crippen molar-refractivity contribution in [3.8, 4) is 0 Å². The van der Waals surface area contributed by atoms with E-state index in [4.69, 9.17) is 5.73 Å². The largest absolute Gasteiger partial charge is 0.355 e. The van der Waals surface area contributed by atoms with Crippen LogP contribution in [-0.4, -0.2) is 19.0 Å². The van der Waals surface area contributed by atoms with Crippen molar-refractivity contribution in [3.63, 3.8) is 0 Å². The minimum atomic E-state index is -0.473. The molecule has 1 amide bonds. The zero-order chi connectivity index (χ0) is 15.7. The highest BCUT2D eigenvalue weighted by Gasteiger charge is 2.34. The molecule has 1 aromatic carbocycles. The van der Waals surface area contributed by atoms with Gasteiger partial charge in [0, 0.05) is 13.1 Å². The van der Waals surface area contributed by atoms with Gasteiger partial charge in [0.05, 0.1) is 5.41 Å². The lowest BCUT2D eigenvalue weighted by Crippen LogP contribution is -2.46. The van der Waals surface area contributed by atoms with Gasteiger partial charge in [-0.3, -0.25) is 4.79 Å². The summed E-state index contributed by atoms with van der Waals surface area (Å²) in [6.45, 7) is 4.93. The molecule has 1 aromatic rings. The van der Waals surface area contributed by atoms with E-state index in [9.17, 15) is 9.18 Å². The predicted molar refractivity (Wildman–Crippen MR) is 84.4 cm³/mol. The molecular formula is C17H27FN2O. The molecule has 0 saturated heterocycles. The summed E-state index contributed by atoms with van der Waals surface area (Å²) < 4.78 is 13.5. The fraction of sp³-hybridized carbons (Fsp3) is 0.588. The molecule has 1 rings (SSSR count). The van der Waals surface area contributed by atoms with Gasteiger partial charge in [0.15, 0.2) is 0 Å². The summed E-state index contributed by atoms with van der Waals surface area (Å²) in [7, 11) is 0. The van der Waals surface area contributed by atoms with E-state index in [1.807, 2.05) is 0 Å². The minimum Gasteiger partial charge on any atom is -0.355 e. The van der Waals surface area contributed by atoms with Crippen molar-refractivity contribution in [1.82, 2.24) is 5.32 Å². The van der Waals surface area contributed by atoms with E-state index in [-0.39, 0.29) is 11.7 Å². The molecule has 0 fully saturated rings. The first kappa shape index (κ1) is 17.6. The number of nitrogens with two attached hydrogens (primary N) is 1. The number of carbonyl (C=O) groups excluding carboxylic acids is 1. The molecule has 118 valence electrons. The zero-order valence-electron chi connectivity index (χ0n) is 13.1. The van der Waals surface area contributed by atoms with Gasteiger partial charge in [-0.15, -0.1) is 0 Å². The number of rotatable bonds is 9. The predicted octanol–water partition coefficient (Wildman–Crippen LogP) is 3.03. The first-order valence-electron chi connectivity index (χ1n) is 7.81. The summed E-state index contributed by atoms with van der Waals surface area (Å²) in [5, 5.41) is 2.93. The topological polar surface area (TPSA) is 55.1 Å². The molecule has 21 heavy (non-hydrogen) atoms. The molecule has 4 heteroatoms. The Hall–Kier alpha value is -1.42. The molecule has 0 aliphatic heterocycles. The molecule has 0 aliphatic carbocycles. The number of halogens is 1. The Morgan fingerprint density at radius 1 is 1.24 bits per heavy atom. The van der Waals surface area contributed by atoms with Gasteiger partial charge in [0.25, 0.3) is 0 Å². The number of amides is 1. The maximum absolute atomic E-state index is 13.5. The number of nitrogens with one attached hydrogen (secondary N) is 1. The SMILES string of the molecule is CCCC(CN)(CCC)C(=O)NCCc1ccccc1F. The van der Waals surface area contributed by atoms with Gasteiger partial charge >= 0.3 is 0 Å². The molecule has 3 nitrogen and oxygen atoms in total. The van der Waals surface area contributed by atoms with Crippen molar-refractivity contribution < 1.29 is 9.18 Å². The summed E-state index contributed by atoms with van der Waals surface area (Å²) in [5.74, 6) is -0.219. The van der Waals surface area contributed by atoms with Gasteiger partial charge in [-0.05, 0) is 30.9 Å². The van der Waals surface area contributed by atoms with Crippen LogP contribution in [0.5, 0.6) is 0 Å². The average molecular weight is 294 g/mol. The molecule has 3 N–H and O–H groups in total. The van der Waals surface area contributed by atoms with Crippen molar-refractivity contribution in [3.05, 3.63) is 35.6 Å². The lowest BCUT2D eigenvalue weighted by atomic mass is 9.78. The average Bonchev–Trinajstić information content (AvgIpc) is 2.48. The highest BCUT2D eigenvalue weighted by Crippen LogP contribution is 2.29. The Kier molecular flexibility index (Phi) is 7.37. The summed E-state index contributed by atoms with van der Waals surface area (Å²) in [6.07, 6.45) is 3.94. The Balaban J connectivity index is 2.60. The van der Waals surface area contributed by atoms with E-state index in [1.54, 1.807) is 18.2 Å². The lowest BCUT2D eigenvalue weighted by molar-refractivity contribution is -0.131.